The summed E-state index contributed by atoms with van der Waals surface area (Å²) in [4.78, 5) is 6.27. The molecule has 0 bridgehead atoms. The molecule has 0 radical (unpaired) electrons. The zero-order chi connectivity index (χ0) is 18.1. The molecule has 1 unspecified atom stereocenters. The van der Waals surface area contributed by atoms with Crippen molar-refractivity contribution in [3.05, 3.63) is 18.5 Å². The van der Waals surface area contributed by atoms with E-state index in [-0.39, 0.29) is 6.04 Å². The van der Waals surface area contributed by atoms with Gasteiger partial charge in [0.05, 0.1) is 23.3 Å². The molecule has 10 nitrogen and oxygen atoms in total. The van der Waals surface area contributed by atoms with Crippen molar-refractivity contribution >= 4 is 37.8 Å². The highest BCUT2D eigenvalue weighted by atomic mass is 32.2. The summed E-state index contributed by atoms with van der Waals surface area (Å²) in [6.45, 7) is 1.26. The van der Waals surface area contributed by atoms with E-state index in [0.717, 1.165) is 35.8 Å². The number of piperidine rings is 1. The van der Waals surface area contributed by atoms with Crippen LogP contribution in [0.4, 0.5) is 5.69 Å². The number of aromatic amines is 1. The standard InChI is InChI=1S/C15H16N8O2S/c16-4-7-26(24,25)22-10-2-1-6-23(9-10)12-8-18-19-15-13(12)11-3-5-17-14(11)20-21-15/h3,5,8,10,22H,1-2,6-7,9H2,(H,19,21). The normalized spacial score (nSPS) is 18.3. The SMILES string of the molecule is N#CCS(=O)(=O)NC1CCCN(c2cn[nH]c3nnc4nccc4c23)C1. The number of H-pyrrole nitrogens is 1. The highest BCUT2D eigenvalue weighted by Crippen LogP contribution is 2.31. The Labute approximate surface area is 149 Å². The summed E-state index contributed by atoms with van der Waals surface area (Å²) in [7, 11) is -3.60. The molecular weight excluding hydrogens is 356 g/mol. The van der Waals surface area contributed by atoms with Crippen LogP contribution in [0.1, 0.15) is 12.8 Å². The van der Waals surface area contributed by atoms with Crippen LogP contribution in [0.3, 0.4) is 0 Å². The maximum Gasteiger partial charge on any atom is 0.225 e. The van der Waals surface area contributed by atoms with Crippen LogP contribution in [0, 0.1) is 11.3 Å². The van der Waals surface area contributed by atoms with E-state index in [4.69, 9.17) is 5.26 Å². The molecule has 26 heavy (non-hydrogen) atoms. The van der Waals surface area contributed by atoms with Gasteiger partial charge >= 0.3 is 0 Å². The monoisotopic (exact) mass is 372 g/mol. The maximum absolute atomic E-state index is 11.9. The number of anilines is 1. The van der Waals surface area contributed by atoms with Crippen molar-refractivity contribution < 1.29 is 8.42 Å². The van der Waals surface area contributed by atoms with Gasteiger partial charge in [-0.1, -0.05) is 0 Å². The van der Waals surface area contributed by atoms with Gasteiger partial charge in [0.2, 0.25) is 10.0 Å². The smallest absolute Gasteiger partial charge is 0.225 e. The second-order valence-corrected chi connectivity index (χ2v) is 7.94. The Bertz CT molecular complexity index is 1100. The molecule has 3 aromatic rings. The Morgan fingerprint density at radius 2 is 2.31 bits per heavy atom. The van der Waals surface area contributed by atoms with Gasteiger partial charge in [-0.05, 0) is 18.9 Å². The number of nitrogens with zero attached hydrogens (tertiary/aromatic N) is 6. The fourth-order valence-electron chi connectivity index (χ4n) is 3.35. The lowest BCUT2D eigenvalue weighted by atomic mass is 10.1. The summed E-state index contributed by atoms with van der Waals surface area (Å²) in [5.74, 6) is -0.538. The zero-order valence-electron chi connectivity index (χ0n) is 13.8. The van der Waals surface area contributed by atoms with Crippen LogP contribution < -0.4 is 9.62 Å². The lowest BCUT2D eigenvalue weighted by molar-refractivity contribution is 0.467. The molecule has 1 fully saturated rings. The first-order valence-electron chi connectivity index (χ1n) is 8.14. The summed E-state index contributed by atoms with van der Waals surface area (Å²) in [5, 5.41) is 25.6. The minimum Gasteiger partial charge on any atom is -0.368 e. The molecule has 4 heterocycles. The number of hydrogen-bond donors (Lipinski definition) is 2. The third-order valence-corrected chi connectivity index (χ3v) is 5.61. The van der Waals surface area contributed by atoms with Gasteiger partial charge in [0.25, 0.3) is 0 Å². The molecule has 0 saturated carbocycles. The Balaban J connectivity index is 1.69. The minimum absolute atomic E-state index is 0.260. The third kappa shape index (κ3) is 3.04. The maximum atomic E-state index is 11.9. The van der Waals surface area contributed by atoms with Gasteiger partial charge in [-0.3, -0.25) is 5.10 Å². The van der Waals surface area contributed by atoms with Crippen LogP contribution in [-0.4, -0.2) is 58.7 Å². The Hall–Kier alpha value is -2.84. The molecule has 11 heteroatoms. The second kappa shape index (κ2) is 6.47. The Kier molecular flexibility index (Phi) is 4.14. The Morgan fingerprint density at radius 1 is 1.42 bits per heavy atom. The minimum atomic E-state index is -3.60. The average molecular weight is 372 g/mol. The van der Waals surface area contributed by atoms with Crippen LogP contribution in [0.15, 0.2) is 18.5 Å². The predicted molar refractivity (Wildman–Crippen MR) is 94.8 cm³/mol. The molecule has 3 aromatic heterocycles. The number of nitrogens with one attached hydrogen (secondary N) is 2. The van der Waals surface area contributed by atoms with Crippen molar-refractivity contribution in [2.24, 2.45) is 0 Å². The Morgan fingerprint density at radius 3 is 3.15 bits per heavy atom. The summed E-state index contributed by atoms with van der Waals surface area (Å²) in [6, 6.07) is 3.30. The van der Waals surface area contributed by atoms with Gasteiger partial charge in [-0.25, -0.2) is 18.1 Å². The van der Waals surface area contributed by atoms with Crippen LogP contribution in [0.25, 0.3) is 22.1 Å². The van der Waals surface area contributed by atoms with Crippen molar-refractivity contribution in [2.45, 2.75) is 18.9 Å². The average Bonchev–Trinajstić information content (AvgIpc) is 3.10. The molecule has 1 aliphatic heterocycles. The number of nitriles is 1. The van der Waals surface area contributed by atoms with Gasteiger partial charge in [-0.15, -0.1) is 10.2 Å². The van der Waals surface area contributed by atoms with Crippen LogP contribution in [0.5, 0.6) is 0 Å². The zero-order valence-corrected chi connectivity index (χ0v) is 14.6. The lowest BCUT2D eigenvalue weighted by Gasteiger charge is -2.34. The van der Waals surface area contributed by atoms with Crippen LogP contribution in [0.2, 0.25) is 0 Å². The van der Waals surface area contributed by atoms with E-state index in [1.165, 1.54) is 0 Å². The molecule has 134 valence electrons. The van der Waals surface area contributed by atoms with Crippen molar-refractivity contribution in [2.75, 3.05) is 23.7 Å². The lowest BCUT2D eigenvalue weighted by Crippen LogP contribution is -2.48. The van der Waals surface area contributed by atoms with Gasteiger partial charge in [0.1, 0.15) is 0 Å². The first kappa shape index (κ1) is 16.6. The summed E-state index contributed by atoms with van der Waals surface area (Å²) in [6.07, 6.45) is 4.93. The quantitative estimate of drug-likeness (QED) is 0.667. The summed E-state index contributed by atoms with van der Waals surface area (Å²) >= 11 is 0. The molecule has 1 aliphatic rings. The molecule has 0 amide bonds. The van der Waals surface area contributed by atoms with Gasteiger partial charge in [0, 0.05) is 30.7 Å². The highest BCUT2D eigenvalue weighted by Gasteiger charge is 2.26. The molecule has 0 aromatic carbocycles. The van der Waals surface area contributed by atoms with E-state index < -0.39 is 15.8 Å². The molecule has 0 spiro atoms. The number of hydrogen-bond acceptors (Lipinski definition) is 8. The predicted octanol–water partition coefficient (Wildman–Crippen LogP) is 0.313. The number of sulfonamides is 1. The van der Waals surface area contributed by atoms with E-state index in [2.05, 4.69) is 35.0 Å². The number of rotatable bonds is 4. The third-order valence-electron chi connectivity index (χ3n) is 4.41. The van der Waals surface area contributed by atoms with E-state index in [1.54, 1.807) is 18.5 Å². The first-order valence-corrected chi connectivity index (χ1v) is 9.79. The van der Waals surface area contributed by atoms with Crippen LogP contribution >= 0.6 is 0 Å². The van der Waals surface area contributed by atoms with Crippen LogP contribution in [-0.2, 0) is 10.0 Å². The highest BCUT2D eigenvalue weighted by molar-refractivity contribution is 7.89. The fraction of sp³-hybridized carbons (Fsp3) is 0.400. The second-order valence-electron chi connectivity index (χ2n) is 6.18. The fourth-order valence-corrected chi connectivity index (χ4v) is 4.30. The van der Waals surface area contributed by atoms with E-state index in [0.29, 0.717) is 17.8 Å². The number of aromatic nitrogens is 5. The molecule has 0 aliphatic carbocycles. The summed E-state index contributed by atoms with van der Waals surface area (Å²) in [5.41, 5.74) is 1.97. The number of fused-ring (bicyclic) bond motifs is 3. The molecule has 4 rings (SSSR count). The summed E-state index contributed by atoms with van der Waals surface area (Å²) < 4.78 is 26.4. The van der Waals surface area contributed by atoms with Gasteiger partial charge in [-0.2, -0.15) is 10.4 Å². The molecule has 1 saturated heterocycles. The topological polar surface area (TPSA) is 141 Å². The van der Waals surface area contributed by atoms with Gasteiger partial charge in [0.15, 0.2) is 17.0 Å². The molecule has 2 N–H and O–H groups in total. The van der Waals surface area contributed by atoms with E-state index >= 15 is 0 Å². The van der Waals surface area contributed by atoms with Crippen molar-refractivity contribution in [1.82, 2.24) is 30.1 Å². The van der Waals surface area contributed by atoms with Crippen molar-refractivity contribution in [3.63, 3.8) is 0 Å². The first-order chi connectivity index (χ1) is 12.6. The van der Waals surface area contributed by atoms with Crippen molar-refractivity contribution in [1.29, 1.82) is 5.26 Å². The molecular formula is C15H16N8O2S. The van der Waals surface area contributed by atoms with Crippen molar-refractivity contribution in [3.8, 4) is 6.07 Å². The van der Waals surface area contributed by atoms with E-state index in [9.17, 15) is 8.42 Å². The molecule has 1 atom stereocenters. The van der Waals surface area contributed by atoms with Gasteiger partial charge < -0.3 is 4.90 Å². The largest absolute Gasteiger partial charge is 0.368 e. The van der Waals surface area contributed by atoms with E-state index in [1.807, 2.05) is 6.07 Å².